The number of esters is 1. The molecule has 4 heterocycles. The first-order valence-electron chi connectivity index (χ1n) is 7.12. The van der Waals surface area contributed by atoms with Crippen molar-refractivity contribution >= 4 is 5.97 Å². The maximum absolute atomic E-state index is 11.8. The van der Waals surface area contributed by atoms with Crippen LogP contribution in [0.5, 0.6) is 0 Å². The Balaban J connectivity index is 1.58. The van der Waals surface area contributed by atoms with Crippen molar-refractivity contribution in [2.45, 2.75) is 24.3 Å². The third-order valence-corrected chi connectivity index (χ3v) is 4.75. The van der Waals surface area contributed by atoms with Gasteiger partial charge >= 0.3 is 5.97 Å². The Morgan fingerprint density at radius 2 is 2.10 bits per heavy atom. The molecule has 0 aromatic carbocycles. The molecule has 7 heteroatoms. The summed E-state index contributed by atoms with van der Waals surface area (Å²) in [5.74, 6) is 0.874. The van der Waals surface area contributed by atoms with Crippen LogP contribution >= 0.6 is 0 Å². The highest BCUT2D eigenvalue weighted by molar-refractivity contribution is 5.85. The van der Waals surface area contributed by atoms with Crippen molar-refractivity contribution in [3.05, 3.63) is 11.7 Å². The number of rotatable bonds is 3. The molecule has 1 aliphatic carbocycles. The molecule has 1 atom stereocenters. The third-order valence-electron chi connectivity index (χ3n) is 4.75. The quantitative estimate of drug-likeness (QED) is 0.718. The Kier molecular flexibility index (Phi) is 2.62. The maximum atomic E-state index is 11.8. The molecule has 7 nitrogen and oxygen atoms in total. The van der Waals surface area contributed by atoms with Crippen molar-refractivity contribution in [1.29, 1.82) is 0 Å². The predicted molar refractivity (Wildman–Crippen MR) is 68.0 cm³/mol. The molecule has 1 aromatic rings. The molecule has 0 radical (unpaired) electrons. The first-order valence-corrected chi connectivity index (χ1v) is 7.12. The van der Waals surface area contributed by atoms with Crippen LogP contribution in [0.2, 0.25) is 0 Å². The fraction of sp³-hybridized carbons (Fsp3) is 0.769. The summed E-state index contributed by atoms with van der Waals surface area (Å²) in [5, 5.41) is 4.12. The first-order chi connectivity index (χ1) is 9.73. The fourth-order valence-corrected chi connectivity index (χ4v) is 3.25. The lowest BCUT2D eigenvalue weighted by molar-refractivity contribution is -0.144. The SMILES string of the molecule is COC(=O)C1(c2nc(C3CN4CCN3CC4)no2)CC1. The Morgan fingerprint density at radius 3 is 2.65 bits per heavy atom. The van der Waals surface area contributed by atoms with E-state index in [0.29, 0.717) is 11.7 Å². The number of hydrogen-bond acceptors (Lipinski definition) is 7. The Labute approximate surface area is 116 Å². The highest BCUT2D eigenvalue weighted by Crippen LogP contribution is 2.48. The number of methoxy groups -OCH3 is 1. The highest BCUT2D eigenvalue weighted by atomic mass is 16.5. The lowest BCUT2D eigenvalue weighted by Gasteiger charge is -2.46. The molecule has 2 bridgehead atoms. The Hall–Kier alpha value is -1.47. The summed E-state index contributed by atoms with van der Waals surface area (Å²) in [6.07, 6.45) is 1.48. The number of hydrogen-bond donors (Lipinski definition) is 0. The van der Waals surface area contributed by atoms with Gasteiger partial charge in [-0.25, -0.2) is 0 Å². The minimum atomic E-state index is -0.663. The van der Waals surface area contributed by atoms with Gasteiger partial charge in [0.05, 0.1) is 13.2 Å². The summed E-state index contributed by atoms with van der Waals surface area (Å²) in [7, 11) is 1.40. The lowest BCUT2D eigenvalue weighted by atomic mass is 10.1. The molecular formula is C13H18N4O3. The second-order valence-electron chi connectivity index (χ2n) is 5.88. The molecule has 3 saturated heterocycles. The minimum Gasteiger partial charge on any atom is -0.468 e. The van der Waals surface area contributed by atoms with Gasteiger partial charge in [0, 0.05) is 32.7 Å². The van der Waals surface area contributed by atoms with Gasteiger partial charge in [-0.3, -0.25) is 14.6 Å². The average molecular weight is 278 g/mol. The van der Waals surface area contributed by atoms with Gasteiger partial charge in [0.15, 0.2) is 5.82 Å². The number of piperazine rings is 3. The predicted octanol–water partition coefficient (Wildman–Crippen LogP) is -0.0535. The molecule has 108 valence electrons. The van der Waals surface area contributed by atoms with Crippen LogP contribution in [-0.2, 0) is 14.9 Å². The number of ether oxygens (including phenoxy) is 1. The van der Waals surface area contributed by atoms with Crippen LogP contribution in [0, 0.1) is 0 Å². The number of carbonyl (C=O) groups is 1. The minimum absolute atomic E-state index is 0.198. The van der Waals surface area contributed by atoms with Gasteiger partial charge in [-0.05, 0) is 12.8 Å². The molecule has 1 saturated carbocycles. The maximum Gasteiger partial charge on any atom is 0.321 e. The molecule has 0 N–H and O–H groups in total. The van der Waals surface area contributed by atoms with Crippen LogP contribution in [0.1, 0.15) is 30.6 Å². The van der Waals surface area contributed by atoms with Gasteiger partial charge < -0.3 is 9.26 Å². The van der Waals surface area contributed by atoms with E-state index in [-0.39, 0.29) is 12.0 Å². The van der Waals surface area contributed by atoms with E-state index in [1.807, 2.05) is 0 Å². The summed E-state index contributed by atoms with van der Waals surface area (Å²) >= 11 is 0. The summed E-state index contributed by atoms with van der Waals surface area (Å²) in [6, 6.07) is 0.198. The van der Waals surface area contributed by atoms with Crippen LogP contribution in [0.3, 0.4) is 0 Å². The summed E-state index contributed by atoms with van der Waals surface area (Å²) in [5.41, 5.74) is -0.663. The third kappa shape index (κ3) is 1.69. The van der Waals surface area contributed by atoms with E-state index in [2.05, 4.69) is 19.9 Å². The summed E-state index contributed by atoms with van der Waals surface area (Å²) in [4.78, 5) is 21.2. The Morgan fingerprint density at radius 1 is 1.35 bits per heavy atom. The molecule has 1 unspecified atom stereocenters. The zero-order valence-electron chi connectivity index (χ0n) is 11.5. The van der Waals surface area contributed by atoms with Crippen LogP contribution < -0.4 is 0 Å². The van der Waals surface area contributed by atoms with E-state index in [9.17, 15) is 4.79 Å². The second kappa shape index (κ2) is 4.26. The number of nitrogens with zero attached hydrogens (tertiary/aromatic N) is 4. The molecule has 4 fully saturated rings. The number of carbonyl (C=O) groups excluding carboxylic acids is 1. The van der Waals surface area contributed by atoms with Gasteiger partial charge in [-0.1, -0.05) is 5.16 Å². The standard InChI is InChI=1S/C13H18N4O3/c1-19-12(18)13(2-3-13)11-14-10(15-20-11)9-8-16-4-6-17(9)7-5-16/h9H,2-8H2,1H3. The average Bonchev–Trinajstić information content (AvgIpc) is 3.17. The van der Waals surface area contributed by atoms with E-state index in [4.69, 9.17) is 9.26 Å². The van der Waals surface area contributed by atoms with Crippen LogP contribution in [0.15, 0.2) is 4.52 Å². The molecular weight excluding hydrogens is 260 g/mol. The highest BCUT2D eigenvalue weighted by Gasteiger charge is 2.57. The first kappa shape index (κ1) is 12.3. The topological polar surface area (TPSA) is 71.7 Å². The second-order valence-corrected chi connectivity index (χ2v) is 5.88. The summed E-state index contributed by atoms with van der Waals surface area (Å²) < 4.78 is 10.2. The van der Waals surface area contributed by atoms with Gasteiger partial charge in [0.25, 0.3) is 0 Å². The molecule has 4 aliphatic rings. The largest absolute Gasteiger partial charge is 0.468 e. The lowest BCUT2D eigenvalue weighted by Crippen LogP contribution is -2.57. The van der Waals surface area contributed by atoms with E-state index in [0.717, 1.165) is 45.6 Å². The van der Waals surface area contributed by atoms with Crippen LogP contribution in [-0.4, -0.2) is 65.7 Å². The molecule has 0 spiro atoms. The van der Waals surface area contributed by atoms with Crippen molar-refractivity contribution in [3.8, 4) is 0 Å². The fourth-order valence-electron chi connectivity index (χ4n) is 3.25. The van der Waals surface area contributed by atoms with Crippen LogP contribution in [0.25, 0.3) is 0 Å². The van der Waals surface area contributed by atoms with E-state index in [1.54, 1.807) is 0 Å². The van der Waals surface area contributed by atoms with Crippen molar-refractivity contribution < 1.29 is 14.1 Å². The molecule has 1 aromatic heterocycles. The van der Waals surface area contributed by atoms with E-state index < -0.39 is 5.41 Å². The zero-order chi connectivity index (χ0) is 13.7. The summed E-state index contributed by atoms with van der Waals surface area (Å²) in [6.45, 7) is 5.29. The van der Waals surface area contributed by atoms with Crippen molar-refractivity contribution in [1.82, 2.24) is 19.9 Å². The monoisotopic (exact) mass is 278 g/mol. The molecule has 5 rings (SSSR count). The molecule has 20 heavy (non-hydrogen) atoms. The van der Waals surface area contributed by atoms with Crippen molar-refractivity contribution in [2.75, 3.05) is 39.8 Å². The molecule has 3 aliphatic heterocycles. The van der Waals surface area contributed by atoms with Crippen LogP contribution in [0.4, 0.5) is 0 Å². The van der Waals surface area contributed by atoms with Gasteiger partial charge in [0.1, 0.15) is 5.41 Å². The smallest absolute Gasteiger partial charge is 0.321 e. The molecule has 0 amide bonds. The van der Waals surface area contributed by atoms with Gasteiger partial charge in [-0.15, -0.1) is 0 Å². The number of fused-ring (bicyclic) bond motifs is 3. The Bertz CT molecular complexity index is 531. The zero-order valence-corrected chi connectivity index (χ0v) is 11.5. The normalized spacial score (nSPS) is 34.0. The van der Waals surface area contributed by atoms with Crippen molar-refractivity contribution in [3.63, 3.8) is 0 Å². The van der Waals surface area contributed by atoms with Crippen molar-refractivity contribution in [2.24, 2.45) is 0 Å². The van der Waals surface area contributed by atoms with E-state index in [1.165, 1.54) is 7.11 Å². The van der Waals surface area contributed by atoms with Gasteiger partial charge in [0.2, 0.25) is 5.89 Å². The van der Waals surface area contributed by atoms with E-state index >= 15 is 0 Å². The van der Waals surface area contributed by atoms with Gasteiger partial charge in [-0.2, -0.15) is 4.98 Å². The number of aromatic nitrogens is 2.